The first-order chi connectivity index (χ1) is 9.52. The number of anilines is 2. The Bertz CT molecular complexity index is 585. The van der Waals surface area contributed by atoms with E-state index in [4.69, 9.17) is 15.6 Å². The number of nitrogens with zero attached hydrogens (tertiary/aromatic N) is 5. The van der Waals surface area contributed by atoms with Gasteiger partial charge in [-0.25, -0.2) is 4.98 Å². The number of ether oxygens (including phenoxy) is 1. The fraction of sp³-hybridized carbons (Fsp3) is 0.545. The molecule has 4 N–H and O–H groups in total. The van der Waals surface area contributed by atoms with Gasteiger partial charge in [0.05, 0.1) is 19.5 Å². The summed E-state index contributed by atoms with van der Waals surface area (Å²) < 4.78 is 6.93. The Labute approximate surface area is 115 Å². The maximum absolute atomic E-state index is 9.21. The molecule has 0 saturated heterocycles. The van der Waals surface area contributed by atoms with Crippen LogP contribution >= 0.6 is 0 Å². The molecule has 0 spiro atoms. The Balaban J connectivity index is 2.23. The van der Waals surface area contributed by atoms with E-state index < -0.39 is 6.10 Å². The fourth-order valence-corrected chi connectivity index (χ4v) is 1.69. The Hall–Kier alpha value is -1.97. The molecule has 2 rings (SSSR count). The number of rotatable bonds is 6. The van der Waals surface area contributed by atoms with Crippen molar-refractivity contribution >= 4 is 22.9 Å². The molecule has 0 aliphatic rings. The Morgan fingerprint density at radius 1 is 1.45 bits per heavy atom. The molecule has 2 heterocycles. The monoisotopic (exact) mass is 282 g/mol. The molecule has 9 nitrogen and oxygen atoms in total. The van der Waals surface area contributed by atoms with Crippen LogP contribution in [0, 0.1) is 0 Å². The lowest BCUT2D eigenvalue weighted by molar-refractivity contribution is -0.0163. The lowest BCUT2D eigenvalue weighted by atomic mass is 10.4. The van der Waals surface area contributed by atoms with Crippen molar-refractivity contribution in [3.63, 3.8) is 0 Å². The second-order valence-electron chi connectivity index (χ2n) is 4.52. The van der Waals surface area contributed by atoms with Gasteiger partial charge in [-0.1, -0.05) is 0 Å². The van der Waals surface area contributed by atoms with Crippen LogP contribution in [0.2, 0.25) is 0 Å². The highest BCUT2D eigenvalue weighted by Gasteiger charge is 2.13. The van der Waals surface area contributed by atoms with Crippen LogP contribution in [-0.2, 0) is 11.5 Å². The number of imidazole rings is 1. The van der Waals surface area contributed by atoms with Crippen molar-refractivity contribution in [1.29, 1.82) is 0 Å². The first kappa shape index (κ1) is 14.4. The van der Waals surface area contributed by atoms with Gasteiger partial charge in [0.15, 0.2) is 17.0 Å². The number of fused-ring (bicyclic) bond motifs is 1. The molecule has 0 radical (unpaired) electrons. The minimum Gasteiger partial charge on any atom is -0.394 e. The highest BCUT2D eigenvalue weighted by Crippen LogP contribution is 2.21. The lowest BCUT2D eigenvalue weighted by Gasteiger charge is -2.12. The van der Waals surface area contributed by atoms with Crippen LogP contribution in [0.3, 0.4) is 0 Å². The van der Waals surface area contributed by atoms with Crippen molar-refractivity contribution in [2.75, 3.05) is 37.9 Å². The summed E-state index contributed by atoms with van der Waals surface area (Å²) in [5.41, 5.74) is 6.86. The third-order valence-corrected chi connectivity index (χ3v) is 2.64. The van der Waals surface area contributed by atoms with Gasteiger partial charge in [-0.3, -0.25) is 4.57 Å². The van der Waals surface area contributed by atoms with Crippen LogP contribution in [0.5, 0.6) is 0 Å². The maximum atomic E-state index is 9.21. The summed E-state index contributed by atoms with van der Waals surface area (Å²) in [6, 6.07) is 0. The molecule has 110 valence electrons. The molecule has 0 aromatic carbocycles. The van der Waals surface area contributed by atoms with E-state index in [1.807, 2.05) is 14.1 Å². The molecule has 1 unspecified atom stereocenters. The van der Waals surface area contributed by atoms with Crippen molar-refractivity contribution in [2.45, 2.75) is 12.8 Å². The van der Waals surface area contributed by atoms with Crippen molar-refractivity contribution in [1.82, 2.24) is 19.5 Å². The Morgan fingerprint density at radius 2 is 2.20 bits per heavy atom. The number of hydrogen-bond donors (Lipinski definition) is 3. The lowest BCUT2D eigenvalue weighted by Crippen LogP contribution is -2.20. The van der Waals surface area contributed by atoms with Gasteiger partial charge in [-0.05, 0) is 0 Å². The number of nitrogens with two attached hydrogens (primary N) is 1. The van der Waals surface area contributed by atoms with Gasteiger partial charge in [-0.2, -0.15) is 9.97 Å². The molecule has 2 aromatic heterocycles. The summed E-state index contributed by atoms with van der Waals surface area (Å²) in [7, 11) is 3.68. The number of aliphatic hydroxyl groups excluding tert-OH is 2. The Kier molecular flexibility index (Phi) is 4.32. The summed E-state index contributed by atoms with van der Waals surface area (Å²) in [6.07, 6.45) is 0.665. The van der Waals surface area contributed by atoms with Gasteiger partial charge < -0.3 is 25.6 Å². The van der Waals surface area contributed by atoms with Crippen molar-refractivity contribution in [2.24, 2.45) is 0 Å². The third kappa shape index (κ3) is 2.95. The zero-order valence-corrected chi connectivity index (χ0v) is 11.4. The second-order valence-corrected chi connectivity index (χ2v) is 4.52. The second kappa shape index (κ2) is 5.99. The summed E-state index contributed by atoms with van der Waals surface area (Å²) in [5.74, 6) is 0.778. The Morgan fingerprint density at radius 3 is 2.85 bits per heavy atom. The summed E-state index contributed by atoms with van der Waals surface area (Å²) in [6.45, 7) is -0.168. The molecule has 0 aliphatic heterocycles. The SMILES string of the molecule is CN(C)c1nc(N)nc2c1ncn2COCC(O)CO. The number of hydrogen-bond acceptors (Lipinski definition) is 8. The van der Waals surface area contributed by atoms with Crippen LogP contribution in [0.4, 0.5) is 11.8 Å². The molecule has 20 heavy (non-hydrogen) atoms. The predicted molar refractivity (Wildman–Crippen MR) is 73.1 cm³/mol. The number of nitrogen functional groups attached to an aromatic ring is 1. The van der Waals surface area contributed by atoms with Crippen molar-refractivity contribution in [3.05, 3.63) is 6.33 Å². The van der Waals surface area contributed by atoms with E-state index in [9.17, 15) is 5.11 Å². The van der Waals surface area contributed by atoms with Crippen LogP contribution < -0.4 is 10.6 Å². The van der Waals surface area contributed by atoms with Gasteiger partial charge >= 0.3 is 0 Å². The van der Waals surface area contributed by atoms with E-state index in [1.165, 1.54) is 0 Å². The molecular weight excluding hydrogens is 264 g/mol. The zero-order chi connectivity index (χ0) is 14.7. The largest absolute Gasteiger partial charge is 0.394 e. The van der Waals surface area contributed by atoms with Gasteiger partial charge in [-0.15, -0.1) is 0 Å². The summed E-state index contributed by atoms with van der Waals surface area (Å²) in [5, 5.41) is 17.9. The number of aliphatic hydroxyl groups is 2. The van der Waals surface area contributed by atoms with Crippen molar-refractivity contribution in [3.8, 4) is 0 Å². The molecule has 0 saturated carbocycles. The molecule has 9 heteroatoms. The minimum atomic E-state index is -0.901. The standard InChI is InChI=1S/C11H18N6O3/c1-16(2)9-8-10(15-11(12)14-9)17(5-13-8)6-20-4-7(19)3-18/h5,7,18-19H,3-4,6H2,1-2H3,(H2,12,14,15). The maximum Gasteiger partial charge on any atom is 0.224 e. The van der Waals surface area contributed by atoms with E-state index in [1.54, 1.807) is 15.8 Å². The smallest absolute Gasteiger partial charge is 0.224 e. The molecule has 0 amide bonds. The van der Waals surface area contributed by atoms with Gasteiger partial charge in [0.2, 0.25) is 5.95 Å². The van der Waals surface area contributed by atoms with E-state index in [0.29, 0.717) is 17.0 Å². The van der Waals surface area contributed by atoms with E-state index >= 15 is 0 Å². The molecular formula is C11H18N6O3. The van der Waals surface area contributed by atoms with Crippen LogP contribution in [-0.4, -0.2) is 63.1 Å². The van der Waals surface area contributed by atoms with E-state index in [2.05, 4.69) is 15.0 Å². The first-order valence-electron chi connectivity index (χ1n) is 6.05. The van der Waals surface area contributed by atoms with Crippen LogP contribution in [0.25, 0.3) is 11.2 Å². The number of aromatic nitrogens is 4. The fourth-order valence-electron chi connectivity index (χ4n) is 1.69. The molecule has 2 aromatic rings. The predicted octanol–water partition coefficient (Wildman–Crippen LogP) is -1.20. The average molecular weight is 282 g/mol. The summed E-state index contributed by atoms with van der Waals surface area (Å²) in [4.78, 5) is 14.3. The minimum absolute atomic E-state index is 0.0251. The quantitative estimate of drug-likeness (QED) is 0.604. The molecule has 0 bridgehead atoms. The van der Waals surface area contributed by atoms with E-state index in [0.717, 1.165) is 0 Å². The van der Waals surface area contributed by atoms with Crippen molar-refractivity contribution < 1.29 is 14.9 Å². The highest BCUT2D eigenvalue weighted by atomic mass is 16.5. The molecule has 0 aliphatic carbocycles. The third-order valence-electron chi connectivity index (χ3n) is 2.64. The first-order valence-corrected chi connectivity index (χ1v) is 6.05. The van der Waals surface area contributed by atoms with E-state index in [-0.39, 0.29) is 25.9 Å². The molecule has 0 fully saturated rings. The normalized spacial score (nSPS) is 12.8. The van der Waals surface area contributed by atoms with Crippen LogP contribution in [0.1, 0.15) is 0 Å². The van der Waals surface area contributed by atoms with Gasteiger partial charge in [0.1, 0.15) is 12.8 Å². The van der Waals surface area contributed by atoms with Gasteiger partial charge in [0.25, 0.3) is 0 Å². The zero-order valence-electron chi connectivity index (χ0n) is 11.4. The van der Waals surface area contributed by atoms with Gasteiger partial charge in [0, 0.05) is 14.1 Å². The molecule has 1 atom stereocenters. The summed E-state index contributed by atoms with van der Waals surface area (Å²) >= 11 is 0. The topological polar surface area (TPSA) is 123 Å². The highest BCUT2D eigenvalue weighted by molar-refractivity contribution is 5.84. The van der Waals surface area contributed by atoms with Crippen LogP contribution in [0.15, 0.2) is 6.33 Å². The average Bonchev–Trinajstić information content (AvgIpc) is 2.80.